The van der Waals surface area contributed by atoms with Gasteiger partial charge in [-0.25, -0.2) is 0 Å². The van der Waals surface area contributed by atoms with Crippen molar-refractivity contribution in [2.45, 2.75) is 6.92 Å². The van der Waals surface area contributed by atoms with Crippen molar-refractivity contribution in [1.29, 1.82) is 0 Å². The summed E-state index contributed by atoms with van der Waals surface area (Å²) in [7, 11) is 4.08. The summed E-state index contributed by atoms with van der Waals surface area (Å²) < 4.78 is 0.686. The molecule has 0 aliphatic carbocycles. The predicted molar refractivity (Wildman–Crippen MR) is 37.5 cm³/mol. The summed E-state index contributed by atoms with van der Waals surface area (Å²) in [6.45, 7) is 1.97. The van der Waals surface area contributed by atoms with Gasteiger partial charge in [0, 0.05) is 6.92 Å². The summed E-state index contributed by atoms with van der Waals surface area (Å²) in [6.07, 6.45) is 1.91. The highest BCUT2D eigenvalue weighted by Gasteiger charge is 2.23. The van der Waals surface area contributed by atoms with Crippen LogP contribution in [-0.2, 0) is 0 Å². The summed E-state index contributed by atoms with van der Waals surface area (Å²) in [5, 5.41) is 0. The summed E-state index contributed by atoms with van der Waals surface area (Å²) in [6, 6.07) is 0. The van der Waals surface area contributed by atoms with E-state index < -0.39 is 0 Å². The van der Waals surface area contributed by atoms with Crippen molar-refractivity contribution in [2.24, 2.45) is 10.7 Å². The molecule has 0 atom stereocenters. The van der Waals surface area contributed by atoms with Crippen molar-refractivity contribution in [3.8, 4) is 0 Å². The lowest BCUT2D eigenvalue weighted by Gasteiger charge is -2.18. The van der Waals surface area contributed by atoms with Gasteiger partial charge in [-0.05, 0) is 0 Å². The van der Waals surface area contributed by atoms with Gasteiger partial charge in [-0.1, -0.05) is 0 Å². The molecule has 0 aromatic carbocycles. The van der Waals surface area contributed by atoms with Gasteiger partial charge in [0.15, 0.2) is 5.82 Å². The minimum atomic E-state index is 0.623. The van der Waals surface area contributed by atoms with E-state index in [2.05, 4.69) is 4.99 Å². The zero-order valence-electron chi connectivity index (χ0n) is 6.05. The Bertz CT molecular complexity index is 188. The lowest BCUT2D eigenvalue weighted by atomic mass is 10.5. The molecule has 1 rings (SSSR count). The maximum absolute atomic E-state index is 5.46. The van der Waals surface area contributed by atoms with Crippen LogP contribution in [0.15, 0.2) is 17.0 Å². The van der Waals surface area contributed by atoms with Crippen LogP contribution in [0, 0.1) is 0 Å². The second-order valence-electron chi connectivity index (χ2n) is 2.75. The quantitative estimate of drug-likeness (QED) is 0.464. The summed E-state index contributed by atoms with van der Waals surface area (Å²) in [4.78, 5) is 4.07. The van der Waals surface area contributed by atoms with Gasteiger partial charge in [-0.2, -0.15) is 4.99 Å². The molecule has 2 N–H and O–H groups in total. The van der Waals surface area contributed by atoms with Crippen LogP contribution in [0.1, 0.15) is 6.92 Å². The average Bonchev–Trinajstić information content (AvgIpc) is 1.79. The Hall–Kier alpha value is -0.830. The Balaban J connectivity index is 2.96. The van der Waals surface area contributed by atoms with E-state index in [-0.39, 0.29) is 0 Å². The molecule has 0 fully saturated rings. The third kappa shape index (κ3) is 0.954. The van der Waals surface area contributed by atoms with Crippen LogP contribution in [0.3, 0.4) is 0 Å². The number of quaternary nitrogens is 1. The van der Waals surface area contributed by atoms with Crippen molar-refractivity contribution in [1.82, 2.24) is 0 Å². The number of hydrogen-bond acceptors (Lipinski definition) is 2. The van der Waals surface area contributed by atoms with Gasteiger partial charge in [0.2, 0.25) is 5.84 Å². The molecule has 0 saturated heterocycles. The van der Waals surface area contributed by atoms with Crippen molar-refractivity contribution in [3.05, 3.63) is 12.0 Å². The van der Waals surface area contributed by atoms with E-state index in [1.54, 1.807) is 0 Å². The van der Waals surface area contributed by atoms with Crippen LogP contribution in [0.4, 0.5) is 0 Å². The Labute approximate surface area is 55.1 Å². The van der Waals surface area contributed by atoms with Gasteiger partial charge in [0.05, 0.1) is 14.1 Å². The van der Waals surface area contributed by atoms with Crippen LogP contribution in [0.25, 0.3) is 0 Å². The molecule has 0 saturated carbocycles. The summed E-state index contributed by atoms with van der Waals surface area (Å²) in [5.41, 5.74) is 5.46. The van der Waals surface area contributed by atoms with Crippen molar-refractivity contribution in [3.63, 3.8) is 0 Å². The van der Waals surface area contributed by atoms with Crippen LogP contribution in [0.5, 0.6) is 0 Å². The third-order valence-electron chi connectivity index (χ3n) is 1.58. The zero-order valence-corrected chi connectivity index (χ0v) is 6.05. The second-order valence-corrected chi connectivity index (χ2v) is 2.75. The van der Waals surface area contributed by atoms with E-state index in [4.69, 9.17) is 5.73 Å². The normalized spacial score (nSPS) is 23.4. The molecule has 3 nitrogen and oxygen atoms in total. The summed E-state index contributed by atoms with van der Waals surface area (Å²) >= 11 is 0. The lowest BCUT2D eigenvalue weighted by molar-refractivity contribution is -0.740. The fourth-order valence-electron chi connectivity index (χ4n) is 0.769. The van der Waals surface area contributed by atoms with Crippen LogP contribution >= 0.6 is 0 Å². The Morgan fingerprint density at radius 3 is 2.22 bits per heavy atom. The fourth-order valence-corrected chi connectivity index (χ4v) is 0.769. The number of amidine groups is 1. The molecule has 0 amide bonds. The molecule has 0 radical (unpaired) electrons. The van der Waals surface area contributed by atoms with Crippen LogP contribution in [0.2, 0.25) is 0 Å². The second kappa shape index (κ2) is 1.57. The van der Waals surface area contributed by atoms with Gasteiger partial charge in [0.1, 0.15) is 6.20 Å². The highest BCUT2D eigenvalue weighted by Crippen LogP contribution is 2.11. The molecule has 1 aliphatic heterocycles. The number of hydrogen-bond donors (Lipinski definition) is 1. The first-order valence-corrected chi connectivity index (χ1v) is 2.90. The van der Waals surface area contributed by atoms with Crippen molar-refractivity contribution >= 4 is 5.84 Å². The van der Waals surface area contributed by atoms with Gasteiger partial charge in [-0.15, -0.1) is 0 Å². The standard InChI is InChI=1S/C6H12N3/c1-5-8-6(7)4-9(5,2)3/h4H,7H2,1-3H3/q+1. The van der Waals surface area contributed by atoms with E-state index in [9.17, 15) is 0 Å². The maximum atomic E-state index is 5.46. The molecule has 50 valence electrons. The monoisotopic (exact) mass is 126 g/mol. The lowest BCUT2D eigenvalue weighted by Crippen LogP contribution is -2.35. The molecule has 1 heterocycles. The molecule has 0 spiro atoms. The first-order valence-electron chi connectivity index (χ1n) is 2.90. The Kier molecular flexibility index (Phi) is 1.10. The first-order chi connectivity index (χ1) is 4.02. The number of nitrogens with two attached hydrogens (primary N) is 1. The minimum absolute atomic E-state index is 0.623. The van der Waals surface area contributed by atoms with E-state index in [1.807, 2.05) is 27.2 Å². The number of nitrogens with zero attached hydrogens (tertiary/aromatic N) is 2. The SMILES string of the molecule is CC1=NC(N)=C[N+]1(C)C. The van der Waals surface area contributed by atoms with Crippen LogP contribution < -0.4 is 5.73 Å². The molecule has 0 bridgehead atoms. The summed E-state index contributed by atoms with van der Waals surface area (Å²) in [5.74, 6) is 1.66. The van der Waals surface area contributed by atoms with E-state index >= 15 is 0 Å². The Morgan fingerprint density at radius 2 is 2.11 bits per heavy atom. The molecule has 3 heteroatoms. The van der Waals surface area contributed by atoms with Gasteiger partial charge < -0.3 is 5.73 Å². The molecule has 0 aromatic rings. The first kappa shape index (κ1) is 6.29. The molecule has 9 heavy (non-hydrogen) atoms. The fraction of sp³-hybridized carbons (Fsp3) is 0.500. The Morgan fingerprint density at radius 1 is 1.56 bits per heavy atom. The van der Waals surface area contributed by atoms with Gasteiger partial charge in [-0.3, -0.25) is 4.48 Å². The molecule has 1 aliphatic rings. The molecule has 0 unspecified atom stereocenters. The van der Waals surface area contributed by atoms with Gasteiger partial charge >= 0.3 is 0 Å². The molecular weight excluding hydrogens is 114 g/mol. The smallest absolute Gasteiger partial charge is 0.206 e. The number of rotatable bonds is 0. The van der Waals surface area contributed by atoms with Crippen molar-refractivity contribution in [2.75, 3.05) is 14.1 Å². The highest BCUT2D eigenvalue weighted by molar-refractivity contribution is 5.75. The third-order valence-corrected chi connectivity index (χ3v) is 1.58. The average molecular weight is 126 g/mol. The highest BCUT2D eigenvalue weighted by atomic mass is 15.4. The largest absolute Gasteiger partial charge is 0.379 e. The zero-order chi connectivity index (χ0) is 7.07. The van der Waals surface area contributed by atoms with E-state index in [1.165, 1.54) is 0 Å². The van der Waals surface area contributed by atoms with Gasteiger partial charge in [0.25, 0.3) is 0 Å². The topological polar surface area (TPSA) is 38.4 Å². The van der Waals surface area contributed by atoms with Crippen LogP contribution in [-0.4, -0.2) is 24.4 Å². The van der Waals surface area contributed by atoms with E-state index in [0.29, 0.717) is 10.3 Å². The minimum Gasteiger partial charge on any atom is -0.379 e. The van der Waals surface area contributed by atoms with Crippen molar-refractivity contribution < 1.29 is 4.48 Å². The number of aliphatic imine (C=N–C) groups is 1. The van der Waals surface area contributed by atoms with E-state index in [0.717, 1.165) is 5.84 Å². The molecular formula is C6H12N3+. The molecule has 0 aromatic heterocycles. The maximum Gasteiger partial charge on any atom is 0.206 e. The predicted octanol–water partition coefficient (Wildman–Crippen LogP) is 0.252.